The van der Waals surface area contributed by atoms with Gasteiger partial charge in [0.15, 0.2) is 0 Å². The standard InChI is InChI=1S/C14H19F2N3O2/c1-17-13-11(15)8-10(9-12(13)16)14(21)19-4-2-18(3-5-19)6-7-20/h8-9,17,20H,2-7H2,1H3. The Labute approximate surface area is 122 Å². The van der Waals surface area contributed by atoms with Crippen molar-refractivity contribution in [2.24, 2.45) is 0 Å². The predicted molar refractivity (Wildman–Crippen MR) is 75.3 cm³/mol. The van der Waals surface area contributed by atoms with Gasteiger partial charge in [-0.15, -0.1) is 0 Å². The number of benzene rings is 1. The van der Waals surface area contributed by atoms with Crippen LogP contribution in [-0.4, -0.2) is 67.2 Å². The zero-order chi connectivity index (χ0) is 15.4. The monoisotopic (exact) mass is 299 g/mol. The molecule has 0 aromatic heterocycles. The number of halogens is 2. The third-order valence-corrected chi connectivity index (χ3v) is 3.61. The van der Waals surface area contributed by atoms with Crippen LogP contribution >= 0.6 is 0 Å². The van der Waals surface area contributed by atoms with Gasteiger partial charge in [0, 0.05) is 45.3 Å². The van der Waals surface area contributed by atoms with Crippen molar-refractivity contribution in [3.63, 3.8) is 0 Å². The molecular formula is C14H19F2N3O2. The molecule has 1 aromatic rings. The van der Waals surface area contributed by atoms with Gasteiger partial charge in [-0.2, -0.15) is 0 Å². The lowest BCUT2D eigenvalue weighted by atomic mass is 10.1. The summed E-state index contributed by atoms with van der Waals surface area (Å²) >= 11 is 0. The van der Waals surface area contributed by atoms with Gasteiger partial charge in [0.2, 0.25) is 0 Å². The lowest BCUT2D eigenvalue weighted by Crippen LogP contribution is -2.49. The molecule has 1 aliphatic heterocycles. The van der Waals surface area contributed by atoms with Crippen LogP contribution in [0.3, 0.4) is 0 Å². The number of aliphatic hydroxyl groups excluding tert-OH is 1. The summed E-state index contributed by atoms with van der Waals surface area (Å²) in [7, 11) is 1.42. The molecule has 0 unspecified atom stereocenters. The number of aliphatic hydroxyl groups is 1. The van der Waals surface area contributed by atoms with Crippen LogP contribution < -0.4 is 5.32 Å². The number of amides is 1. The summed E-state index contributed by atoms with van der Waals surface area (Å²) in [6.07, 6.45) is 0. The van der Waals surface area contributed by atoms with Gasteiger partial charge in [-0.05, 0) is 12.1 Å². The number of hydrogen-bond acceptors (Lipinski definition) is 4. The van der Waals surface area contributed by atoms with Crippen LogP contribution in [0.4, 0.5) is 14.5 Å². The molecule has 116 valence electrons. The molecule has 0 radical (unpaired) electrons. The van der Waals surface area contributed by atoms with Gasteiger partial charge < -0.3 is 15.3 Å². The summed E-state index contributed by atoms with van der Waals surface area (Å²) in [4.78, 5) is 15.9. The number of nitrogens with zero attached hydrogens (tertiary/aromatic N) is 2. The minimum atomic E-state index is -0.778. The van der Waals surface area contributed by atoms with Gasteiger partial charge in [0.1, 0.15) is 17.3 Å². The average molecular weight is 299 g/mol. The smallest absolute Gasteiger partial charge is 0.254 e. The Bertz CT molecular complexity index is 494. The van der Waals surface area contributed by atoms with Gasteiger partial charge in [0.05, 0.1) is 6.61 Å². The van der Waals surface area contributed by atoms with E-state index in [1.165, 1.54) is 7.05 Å². The second-order valence-electron chi connectivity index (χ2n) is 4.92. The first kappa shape index (κ1) is 15.7. The average Bonchev–Trinajstić information content (AvgIpc) is 2.47. The summed E-state index contributed by atoms with van der Waals surface area (Å²) in [5.74, 6) is -1.93. The van der Waals surface area contributed by atoms with Gasteiger partial charge in [-0.25, -0.2) is 8.78 Å². The Hall–Kier alpha value is -1.73. The first-order valence-electron chi connectivity index (χ1n) is 6.86. The molecule has 0 aliphatic carbocycles. The second kappa shape index (κ2) is 6.82. The molecule has 7 heteroatoms. The molecule has 2 N–H and O–H groups in total. The first-order valence-corrected chi connectivity index (χ1v) is 6.86. The summed E-state index contributed by atoms with van der Waals surface area (Å²) in [6, 6.07) is 2.11. The van der Waals surface area contributed by atoms with Crippen molar-refractivity contribution in [3.05, 3.63) is 29.3 Å². The van der Waals surface area contributed by atoms with Crippen LogP contribution in [0, 0.1) is 11.6 Å². The van der Waals surface area contributed by atoms with Crippen molar-refractivity contribution >= 4 is 11.6 Å². The third-order valence-electron chi connectivity index (χ3n) is 3.61. The van der Waals surface area contributed by atoms with Gasteiger partial charge in [0.25, 0.3) is 5.91 Å². The maximum Gasteiger partial charge on any atom is 0.254 e. The fourth-order valence-corrected chi connectivity index (χ4v) is 2.43. The highest BCUT2D eigenvalue weighted by Gasteiger charge is 2.23. The van der Waals surface area contributed by atoms with E-state index in [0.29, 0.717) is 32.7 Å². The zero-order valence-electron chi connectivity index (χ0n) is 11.9. The molecule has 5 nitrogen and oxygen atoms in total. The van der Waals surface area contributed by atoms with Crippen LogP contribution in [0.2, 0.25) is 0 Å². The summed E-state index contributed by atoms with van der Waals surface area (Å²) < 4.78 is 27.4. The van der Waals surface area contributed by atoms with Crippen LogP contribution in [0.1, 0.15) is 10.4 Å². The van der Waals surface area contributed by atoms with E-state index in [-0.39, 0.29) is 23.8 Å². The number of rotatable bonds is 4. The molecule has 21 heavy (non-hydrogen) atoms. The lowest BCUT2D eigenvalue weighted by molar-refractivity contribution is 0.0614. The largest absolute Gasteiger partial charge is 0.395 e. The van der Waals surface area contributed by atoms with Crippen LogP contribution in [0.25, 0.3) is 0 Å². The molecule has 1 saturated heterocycles. The number of β-amino-alcohol motifs (C(OH)–C–C–N with tert-alkyl or cyclic N) is 1. The van der Waals surface area contributed by atoms with Crippen molar-refractivity contribution in [1.82, 2.24) is 9.80 Å². The van der Waals surface area contributed by atoms with Crippen molar-refractivity contribution in [3.8, 4) is 0 Å². The van der Waals surface area contributed by atoms with E-state index in [2.05, 4.69) is 5.32 Å². The Balaban J connectivity index is 2.07. The second-order valence-corrected chi connectivity index (χ2v) is 4.92. The van der Waals surface area contributed by atoms with Crippen molar-refractivity contribution in [2.75, 3.05) is 51.7 Å². The number of nitrogens with one attached hydrogen (secondary N) is 1. The van der Waals surface area contributed by atoms with Gasteiger partial charge in [-0.3, -0.25) is 9.69 Å². The van der Waals surface area contributed by atoms with E-state index in [1.807, 2.05) is 4.90 Å². The molecule has 1 fully saturated rings. The highest BCUT2D eigenvalue weighted by atomic mass is 19.1. The normalized spacial score (nSPS) is 16.1. The maximum absolute atomic E-state index is 13.7. The van der Waals surface area contributed by atoms with Gasteiger partial charge in [-0.1, -0.05) is 0 Å². The molecule has 0 bridgehead atoms. The van der Waals surface area contributed by atoms with Crippen LogP contribution in [-0.2, 0) is 0 Å². The Kier molecular flexibility index (Phi) is 5.08. The Morgan fingerprint density at radius 1 is 1.24 bits per heavy atom. The SMILES string of the molecule is CNc1c(F)cc(C(=O)N2CCN(CCO)CC2)cc1F. The molecule has 1 aliphatic rings. The van der Waals surface area contributed by atoms with E-state index in [9.17, 15) is 13.6 Å². The molecule has 1 aromatic carbocycles. The Morgan fingerprint density at radius 2 is 1.81 bits per heavy atom. The molecule has 1 amide bonds. The summed E-state index contributed by atoms with van der Waals surface area (Å²) in [6.45, 7) is 2.90. The minimum absolute atomic E-state index is 0.0135. The summed E-state index contributed by atoms with van der Waals surface area (Å²) in [5.41, 5.74) is -0.223. The van der Waals surface area contributed by atoms with Gasteiger partial charge >= 0.3 is 0 Å². The van der Waals surface area contributed by atoms with E-state index in [0.717, 1.165) is 12.1 Å². The first-order chi connectivity index (χ1) is 10.1. The number of anilines is 1. The van der Waals surface area contributed by atoms with Crippen molar-refractivity contribution < 1.29 is 18.7 Å². The van der Waals surface area contributed by atoms with E-state index in [1.54, 1.807) is 4.90 Å². The van der Waals surface area contributed by atoms with Crippen molar-refractivity contribution in [2.45, 2.75) is 0 Å². The van der Waals surface area contributed by atoms with E-state index in [4.69, 9.17) is 5.11 Å². The highest BCUT2D eigenvalue weighted by molar-refractivity contribution is 5.94. The highest BCUT2D eigenvalue weighted by Crippen LogP contribution is 2.21. The number of carbonyl (C=O) groups is 1. The zero-order valence-corrected chi connectivity index (χ0v) is 11.9. The topological polar surface area (TPSA) is 55.8 Å². The fraction of sp³-hybridized carbons (Fsp3) is 0.500. The molecule has 0 spiro atoms. The fourth-order valence-electron chi connectivity index (χ4n) is 2.43. The van der Waals surface area contributed by atoms with E-state index < -0.39 is 11.6 Å². The number of piperazine rings is 1. The summed E-state index contributed by atoms with van der Waals surface area (Å²) in [5, 5.41) is 11.3. The molecular weight excluding hydrogens is 280 g/mol. The molecule has 0 atom stereocenters. The van der Waals surface area contributed by atoms with Crippen LogP contribution in [0.15, 0.2) is 12.1 Å². The predicted octanol–water partition coefficient (Wildman–Crippen LogP) is 0.757. The molecule has 2 rings (SSSR count). The lowest BCUT2D eigenvalue weighted by Gasteiger charge is -2.34. The number of hydrogen-bond donors (Lipinski definition) is 2. The van der Waals surface area contributed by atoms with E-state index >= 15 is 0 Å². The molecule has 0 saturated carbocycles. The van der Waals surface area contributed by atoms with Crippen molar-refractivity contribution in [1.29, 1.82) is 0 Å². The Morgan fingerprint density at radius 3 is 2.29 bits per heavy atom. The third kappa shape index (κ3) is 3.48. The van der Waals surface area contributed by atoms with Crippen LogP contribution in [0.5, 0.6) is 0 Å². The maximum atomic E-state index is 13.7. The molecule has 1 heterocycles. The number of carbonyl (C=O) groups excluding carboxylic acids is 1. The quantitative estimate of drug-likeness (QED) is 0.862. The minimum Gasteiger partial charge on any atom is -0.395 e.